The van der Waals surface area contributed by atoms with E-state index in [0.717, 1.165) is 22.0 Å². The van der Waals surface area contributed by atoms with Crippen molar-refractivity contribution in [3.8, 4) is 16.3 Å². The maximum atomic E-state index is 5.73. The highest BCUT2D eigenvalue weighted by Crippen LogP contribution is 2.29. The number of thiazole rings is 1. The van der Waals surface area contributed by atoms with Gasteiger partial charge in [-0.1, -0.05) is 23.9 Å². The monoisotopic (exact) mass is 401 g/mol. The average Bonchev–Trinajstić information content (AvgIpc) is 3.42. The van der Waals surface area contributed by atoms with Crippen molar-refractivity contribution in [2.75, 3.05) is 7.11 Å². The number of thioether (sulfide) groups is 1. The van der Waals surface area contributed by atoms with Gasteiger partial charge in [0.05, 0.1) is 19.2 Å². The first-order chi connectivity index (χ1) is 12.8. The van der Waals surface area contributed by atoms with Crippen LogP contribution in [-0.2, 0) is 12.2 Å². The molecule has 0 atom stereocenters. The summed E-state index contributed by atoms with van der Waals surface area (Å²) in [5.74, 6) is 2.15. The lowest BCUT2D eigenvalue weighted by atomic mass is 10.1. The van der Waals surface area contributed by atoms with Gasteiger partial charge in [0.25, 0.3) is 5.22 Å². The Morgan fingerprint density at radius 1 is 1.12 bits per heavy atom. The molecule has 0 amide bonds. The Bertz CT molecular complexity index is 962. The third-order valence-electron chi connectivity index (χ3n) is 3.63. The van der Waals surface area contributed by atoms with Crippen molar-refractivity contribution in [2.45, 2.75) is 17.4 Å². The van der Waals surface area contributed by atoms with E-state index in [9.17, 15) is 0 Å². The van der Waals surface area contributed by atoms with Crippen LogP contribution in [0.4, 0.5) is 0 Å². The van der Waals surface area contributed by atoms with Crippen LogP contribution in [0.5, 0.6) is 5.75 Å². The molecule has 0 aliphatic heterocycles. The van der Waals surface area contributed by atoms with E-state index in [-0.39, 0.29) is 0 Å². The summed E-state index contributed by atoms with van der Waals surface area (Å²) < 4.78 is 10.9. The second-order valence-electron chi connectivity index (χ2n) is 5.43. The van der Waals surface area contributed by atoms with Crippen molar-refractivity contribution in [1.29, 1.82) is 0 Å². The minimum atomic E-state index is 0.568. The highest BCUT2D eigenvalue weighted by Gasteiger charge is 2.10. The standard InChI is InChI=1S/C18H15N3O2S3/c1-22-15-4-2-12(3-5-15)8-16-20-21-18(23-16)26-11-14-10-25-17(19-14)13-6-7-24-9-13/h2-7,9-10H,8,11H2,1H3. The molecule has 4 aromatic rings. The maximum Gasteiger partial charge on any atom is 0.276 e. The van der Waals surface area contributed by atoms with Crippen LogP contribution in [0, 0.1) is 0 Å². The van der Waals surface area contributed by atoms with Crippen molar-refractivity contribution >= 4 is 34.4 Å². The van der Waals surface area contributed by atoms with Gasteiger partial charge in [0.2, 0.25) is 5.89 Å². The molecule has 0 aliphatic carbocycles. The molecule has 0 bridgehead atoms. The summed E-state index contributed by atoms with van der Waals surface area (Å²) in [5, 5.41) is 16.1. The molecule has 1 aromatic carbocycles. The number of rotatable bonds is 7. The van der Waals surface area contributed by atoms with Gasteiger partial charge in [-0.05, 0) is 29.1 Å². The number of nitrogens with zero attached hydrogens (tertiary/aromatic N) is 3. The highest BCUT2D eigenvalue weighted by atomic mass is 32.2. The number of aromatic nitrogens is 3. The minimum absolute atomic E-state index is 0.568. The van der Waals surface area contributed by atoms with Crippen LogP contribution in [0.3, 0.4) is 0 Å². The summed E-state index contributed by atoms with van der Waals surface area (Å²) in [5.41, 5.74) is 3.30. The molecular weight excluding hydrogens is 386 g/mol. The Kier molecular flexibility index (Phi) is 5.33. The normalized spacial score (nSPS) is 11.0. The first-order valence-corrected chi connectivity index (χ1v) is 10.7. The summed E-state index contributed by atoms with van der Waals surface area (Å²) in [7, 11) is 1.65. The first-order valence-electron chi connectivity index (χ1n) is 7.85. The van der Waals surface area contributed by atoms with E-state index in [1.165, 1.54) is 17.3 Å². The zero-order valence-corrected chi connectivity index (χ0v) is 16.4. The molecule has 4 rings (SSSR count). The van der Waals surface area contributed by atoms with Crippen LogP contribution >= 0.6 is 34.4 Å². The second kappa shape index (κ2) is 8.03. The third-order valence-corrected chi connectivity index (χ3v) is 6.10. The van der Waals surface area contributed by atoms with Crippen LogP contribution < -0.4 is 4.74 Å². The van der Waals surface area contributed by atoms with E-state index >= 15 is 0 Å². The van der Waals surface area contributed by atoms with Crippen LogP contribution in [0.25, 0.3) is 10.6 Å². The van der Waals surface area contributed by atoms with Crippen molar-refractivity contribution in [1.82, 2.24) is 15.2 Å². The van der Waals surface area contributed by atoms with E-state index in [1.807, 2.05) is 24.3 Å². The zero-order valence-electron chi connectivity index (χ0n) is 13.9. The maximum absolute atomic E-state index is 5.73. The molecule has 3 heterocycles. The molecule has 0 radical (unpaired) electrons. The van der Waals surface area contributed by atoms with E-state index in [2.05, 4.69) is 37.4 Å². The summed E-state index contributed by atoms with van der Waals surface area (Å²) in [6.45, 7) is 0. The molecule has 0 saturated carbocycles. The van der Waals surface area contributed by atoms with Gasteiger partial charge in [-0.2, -0.15) is 11.3 Å². The molecule has 5 nitrogen and oxygen atoms in total. The molecule has 132 valence electrons. The molecule has 26 heavy (non-hydrogen) atoms. The molecule has 0 fully saturated rings. The van der Waals surface area contributed by atoms with Crippen LogP contribution in [0.2, 0.25) is 0 Å². The van der Waals surface area contributed by atoms with Crippen molar-refractivity contribution in [3.63, 3.8) is 0 Å². The topological polar surface area (TPSA) is 61.0 Å². The molecule has 8 heteroatoms. The molecule has 0 aliphatic rings. The Balaban J connectivity index is 1.34. The second-order valence-corrected chi connectivity index (χ2v) is 8.00. The summed E-state index contributed by atoms with van der Waals surface area (Å²) in [6, 6.07) is 9.93. The first kappa shape index (κ1) is 17.3. The number of hydrogen-bond acceptors (Lipinski definition) is 8. The van der Waals surface area contributed by atoms with Gasteiger partial charge < -0.3 is 9.15 Å². The number of benzene rings is 1. The number of thiophene rings is 1. The lowest BCUT2D eigenvalue weighted by Gasteiger charge is -2.00. The quantitative estimate of drug-likeness (QED) is 0.399. The van der Waals surface area contributed by atoms with Crippen LogP contribution in [0.15, 0.2) is 56.1 Å². The van der Waals surface area contributed by atoms with Crippen molar-refractivity contribution in [2.24, 2.45) is 0 Å². The lowest BCUT2D eigenvalue weighted by Crippen LogP contribution is -1.89. The zero-order chi connectivity index (χ0) is 17.8. The van der Waals surface area contributed by atoms with E-state index in [4.69, 9.17) is 9.15 Å². The Hall–Kier alpha value is -2.16. The summed E-state index contributed by atoms with van der Waals surface area (Å²) >= 11 is 4.85. The molecule has 0 saturated heterocycles. The molecule has 0 spiro atoms. The van der Waals surface area contributed by atoms with Crippen LogP contribution in [-0.4, -0.2) is 22.3 Å². The third kappa shape index (κ3) is 4.14. The predicted octanol–water partition coefficient (Wildman–Crippen LogP) is 5.15. The van der Waals surface area contributed by atoms with E-state index in [0.29, 0.717) is 23.3 Å². The van der Waals surface area contributed by atoms with Crippen molar-refractivity contribution < 1.29 is 9.15 Å². The van der Waals surface area contributed by atoms with Gasteiger partial charge in [0.15, 0.2) is 0 Å². The van der Waals surface area contributed by atoms with Gasteiger partial charge >= 0.3 is 0 Å². The van der Waals surface area contributed by atoms with E-state index < -0.39 is 0 Å². The average molecular weight is 402 g/mol. The Morgan fingerprint density at radius 3 is 2.77 bits per heavy atom. The smallest absolute Gasteiger partial charge is 0.276 e. The number of methoxy groups -OCH3 is 1. The molecule has 0 unspecified atom stereocenters. The molecule has 0 N–H and O–H groups in total. The van der Waals surface area contributed by atoms with Gasteiger partial charge in [0.1, 0.15) is 10.8 Å². The van der Waals surface area contributed by atoms with Crippen molar-refractivity contribution in [3.05, 3.63) is 63.6 Å². The lowest BCUT2D eigenvalue weighted by molar-refractivity contribution is 0.413. The van der Waals surface area contributed by atoms with E-state index in [1.54, 1.807) is 29.8 Å². The fourth-order valence-electron chi connectivity index (χ4n) is 2.31. The minimum Gasteiger partial charge on any atom is -0.497 e. The SMILES string of the molecule is COc1ccc(Cc2nnc(SCc3csc(-c4ccsc4)n3)o2)cc1. The summed E-state index contributed by atoms with van der Waals surface area (Å²) in [6.07, 6.45) is 0.608. The summed E-state index contributed by atoms with van der Waals surface area (Å²) in [4.78, 5) is 4.66. The fourth-order valence-corrected chi connectivity index (χ4v) is 4.62. The van der Waals surface area contributed by atoms with Gasteiger partial charge in [-0.25, -0.2) is 4.98 Å². The van der Waals surface area contributed by atoms with Gasteiger partial charge in [0, 0.05) is 22.1 Å². The largest absolute Gasteiger partial charge is 0.497 e. The fraction of sp³-hybridized carbons (Fsp3) is 0.167. The highest BCUT2D eigenvalue weighted by molar-refractivity contribution is 7.98. The van der Waals surface area contributed by atoms with Gasteiger partial charge in [-0.3, -0.25) is 0 Å². The Morgan fingerprint density at radius 2 is 2.00 bits per heavy atom. The Labute approximate surface area is 163 Å². The van der Waals surface area contributed by atoms with Gasteiger partial charge in [-0.15, -0.1) is 21.5 Å². The molecular formula is C18H15N3O2S3. The number of hydrogen-bond donors (Lipinski definition) is 0. The molecule has 3 aromatic heterocycles. The predicted molar refractivity (Wildman–Crippen MR) is 105 cm³/mol. The van der Waals surface area contributed by atoms with Crippen LogP contribution in [0.1, 0.15) is 17.1 Å². The number of ether oxygens (including phenoxy) is 1.